The summed E-state index contributed by atoms with van der Waals surface area (Å²) in [5, 5.41) is 9.69. The summed E-state index contributed by atoms with van der Waals surface area (Å²) in [5.74, 6) is 0.603. The van der Waals surface area contributed by atoms with Crippen LogP contribution in [-0.2, 0) is 9.53 Å². The molecular weight excluding hydrogens is 266 g/mol. The molecule has 0 radical (unpaired) electrons. The van der Waals surface area contributed by atoms with E-state index in [9.17, 15) is 9.90 Å². The SMILES string of the molecule is CC(C)CCN(CCC(C)C)CC1(C(=O)O)CCCOC1. The molecule has 0 aromatic heterocycles. The second kappa shape index (κ2) is 8.74. The lowest BCUT2D eigenvalue weighted by Gasteiger charge is -2.38. The minimum atomic E-state index is -0.702. The Morgan fingerprint density at radius 2 is 1.76 bits per heavy atom. The van der Waals surface area contributed by atoms with E-state index in [-0.39, 0.29) is 0 Å². The molecular formula is C17H33NO3. The van der Waals surface area contributed by atoms with Gasteiger partial charge in [0, 0.05) is 13.2 Å². The minimum absolute atomic E-state index is 0.363. The van der Waals surface area contributed by atoms with Gasteiger partial charge in [0.1, 0.15) is 5.41 Å². The van der Waals surface area contributed by atoms with Gasteiger partial charge in [0.2, 0.25) is 0 Å². The summed E-state index contributed by atoms with van der Waals surface area (Å²) >= 11 is 0. The van der Waals surface area contributed by atoms with Crippen LogP contribution in [0, 0.1) is 17.3 Å². The molecule has 1 heterocycles. The van der Waals surface area contributed by atoms with Crippen LogP contribution in [0.5, 0.6) is 0 Å². The molecule has 1 rings (SSSR count). The molecule has 1 saturated heterocycles. The predicted molar refractivity (Wildman–Crippen MR) is 85.5 cm³/mol. The molecule has 1 unspecified atom stereocenters. The van der Waals surface area contributed by atoms with Gasteiger partial charge < -0.3 is 14.7 Å². The van der Waals surface area contributed by atoms with Crippen LogP contribution < -0.4 is 0 Å². The van der Waals surface area contributed by atoms with Gasteiger partial charge in [-0.15, -0.1) is 0 Å². The third-order valence-electron chi connectivity index (χ3n) is 4.35. The Hall–Kier alpha value is -0.610. The monoisotopic (exact) mass is 299 g/mol. The first-order valence-electron chi connectivity index (χ1n) is 8.39. The molecule has 0 bridgehead atoms. The molecule has 0 saturated carbocycles. The number of ether oxygens (including phenoxy) is 1. The minimum Gasteiger partial charge on any atom is -0.481 e. The van der Waals surface area contributed by atoms with Gasteiger partial charge in [0.05, 0.1) is 6.61 Å². The molecule has 1 fully saturated rings. The normalized spacial score (nSPS) is 23.2. The first-order valence-corrected chi connectivity index (χ1v) is 8.39. The van der Waals surface area contributed by atoms with E-state index in [0.717, 1.165) is 38.8 Å². The Balaban J connectivity index is 2.68. The molecule has 1 N–H and O–H groups in total. The summed E-state index contributed by atoms with van der Waals surface area (Å²) in [4.78, 5) is 14.1. The third-order valence-corrected chi connectivity index (χ3v) is 4.35. The van der Waals surface area contributed by atoms with Gasteiger partial charge in [-0.2, -0.15) is 0 Å². The molecule has 0 aromatic rings. The Bertz CT molecular complexity index is 297. The van der Waals surface area contributed by atoms with Gasteiger partial charge in [-0.25, -0.2) is 0 Å². The van der Waals surface area contributed by atoms with Crippen molar-refractivity contribution in [3.8, 4) is 0 Å². The van der Waals surface area contributed by atoms with Crippen molar-refractivity contribution in [1.29, 1.82) is 0 Å². The summed E-state index contributed by atoms with van der Waals surface area (Å²) in [6, 6.07) is 0. The van der Waals surface area contributed by atoms with Crippen LogP contribution >= 0.6 is 0 Å². The Morgan fingerprint density at radius 3 is 2.14 bits per heavy atom. The van der Waals surface area contributed by atoms with Crippen molar-refractivity contribution in [1.82, 2.24) is 4.90 Å². The summed E-state index contributed by atoms with van der Waals surface area (Å²) in [6.07, 6.45) is 3.83. The number of carboxylic acid groups (broad SMARTS) is 1. The second-order valence-corrected chi connectivity index (χ2v) is 7.38. The number of aliphatic carboxylic acids is 1. The fourth-order valence-electron chi connectivity index (χ4n) is 2.79. The molecule has 1 atom stereocenters. The quantitative estimate of drug-likeness (QED) is 0.710. The van der Waals surface area contributed by atoms with E-state index in [1.54, 1.807) is 0 Å². The van der Waals surface area contributed by atoms with Crippen LogP contribution in [0.15, 0.2) is 0 Å². The van der Waals surface area contributed by atoms with Crippen molar-refractivity contribution in [2.45, 2.75) is 53.4 Å². The standard InChI is InChI=1S/C17H33NO3/c1-14(2)6-9-18(10-7-15(3)4)12-17(16(19)20)8-5-11-21-13-17/h14-15H,5-13H2,1-4H3,(H,19,20). The molecule has 0 spiro atoms. The largest absolute Gasteiger partial charge is 0.481 e. The topological polar surface area (TPSA) is 49.8 Å². The van der Waals surface area contributed by atoms with E-state index in [0.29, 0.717) is 31.6 Å². The lowest BCUT2D eigenvalue weighted by atomic mass is 9.81. The maximum atomic E-state index is 11.8. The Morgan fingerprint density at radius 1 is 1.19 bits per heavy atom. The maximum absolute atomic E-state index is 11.8. The lowest BCUT2D eigenvalue weighted by Crippen LogP contribution is -2.49. The van der Waals surface area contributed by atoms with Gasteiger partial charge in [-0.1, -0.05) is 27.7 Å². The van der Waals surface area contributed by atoms with E-state index in [4.69, 9.17) is 4.74 Å². The number of carboxylic acids is 1. The highest BCUT2D eigenvalue weighted by atomic mass is 16.5. The highest BCUT2D eigenvalue weighted by molar-refractivity contribution is 5.75. The first-order chi connectivity index (χ1) is 9.85. The number of hydrogen-bond donors (Lipinski definition) is 1. The van der Waals surface area contributed by atoms with Crippen molar-refractivity contribution in [2.75, 3.05) is 32.8 Å². The lowest BCUT2D eigenvalue weighted by molar-refractivity contribution is -0.159. The molecule has 1 aliphatic rings. The van der Waals surface area contributed by atoms with Crippen LogP contribution in [0.2, 0.25) is 0 Å². The molecule has 21 heavy (non-hydrogen) atoms. The van der Waals surface area contributed by atoms with Crippen LogP contribution in [0.25, 0.3) is 0 Å². The molecule has 1 aliphatic heterocycles. The smallest absolute Gasteiger partial charge is 0.313 e. The summed E-state index contributed by atoms with van der Waals surface area (Å²) in [6.45, 7) is 12.5. The van der Waals surface area contributed by atoms with Gasteiger partial charge >= 0.3 is 5.97 Å². The van der Waals surface area contributed by atoms with Gasteiger partial charge in [0.15, 0.2) is 0 Å². The van der Waals surface area contributed by atoms with E-state index < -0.39 is 11.4 Å². The van der Waals surface area contributed by atoms with Crippen LogP contribution in [-0.4, -0.2) is 48.8 Å². The van der Waals surface area contributed by atoms with Gasteiger partial charge in [0.25, 0.3) is 0 Å². The zero-order valence-electron chi connectivity index (χ0n) is 14.2. The first kappa shape index (κ1) is 18.4. The van der Waals surface area contributed by atoms with Crippen LogP contribution in [0.1, 0.15) is 53.4 Å². The van der Waals surface area contributed by atoms with E-state index in [2.05, 4.69) is 32.6 Å². The Labute approximate surface area is 129 Å². The Kier molecular flexibility index (Phi) is 7.67. The van der Waals surface area contributed by atoms with E-state index in [1.165, 1.54) is 0 Å². The molecule has 4 nitrogen and oxygen atoms in total. The summed E-state index contributed by atoms with van der Waals surface area (Å²) < 4.78 is 5.49. The van der Waals surface area contributed by atoms with Crippen molar-refractivity contribution in [2.24, 2.45) is 17.3 Å². The summed E-state index contributed by atoms with van der Waals surface area (Å²) in [7, 11) is 0. The highest BCUT2D eigenvalue weighted by Crippen LogP contribution is 2.30. The van der Waals surface area contributed by atoms with Crippen molar-refractivity contribution >= 4 is 5.97 Å². The van der Waals surface area contributed by atoms with E-state index >= 15 is 0 Å². The van der Waals surface area contributed by atoms with Gasteiger partial charge in [-0.05, 0) is 50.6 Å². The number of hydrogen-bond acceptors (Lipinski definition) is 3. The second-order valence-electron chi connectivity index (χ2n) is 7.38. The molecule has 124 valence electrons. The van der Waals surface area contributed by atoms with E-state index in [1.807, 2.05) is 0 Å². The third kappa shape index (κ3) is 6.35. The van der Waals surface area contributed by atoms with Crippen molar-refractivity contribution in [3.63, 3.8) is 0 Å². The van der Waals surface area contributed by atoms with Crippen molar-refractivity contribution < 1.29 is 14.6 Å². The zero-order chi connectivity index (χ0) is 15.9. The number of carbonyl (C=O) groups is 1. The average Bonchev–Trinajstić information content (AvgIpc) is 2.42. The average molecular weight is 299 g/mol. The van der Waals surface area contributed by atoms with Crippen molar-refractivity contribution in [3.05, 3.63) is 0 Å². The van der Waals surface area contributed by atoms with Crippen LogP contribution in [0.3, 0.4) is 0 Å². The zero-order valence-corrected chi connectivity index (χ0v) is 14.2. The highest BCUT2D eigenvalue weighted by Gasteiger charge is 2.41. The van der Waals surface area contributed by atoms with Crippen LogP contribution in [0.4, 0.5) is 0 Å². The fourth-order valence-corrected chi connectivity index (χ4v) is 2.79. The van der Waals surface area contributed by atoms with Gasteiger partial charge in [-0.3, -0.25) is 4.79 Å². The molecule has 0 aromatic carbocycles. The number of nitrogens with zero attached hydrogens (tertiary/aromatic N) is 1. The number of rotatable bonds is 9. The fraction of sp³-hybridized carbons (Fsp3) is 0.941. The molecule has 0 amide bonds. The maximum Gasteiger partial charge on any atom is 0.313 e. The summed E-state index contributed by atoms with van der Waals surface area (Å²) in [5.41, 5.74) is -0.702. The molecule has 4 heteroatoms. The predicted octanol–water partition coefficient (Wildman–Crippen LogP) is 3.26. The molecule has 0 aliphatic carbocycles.